The molecular weight excluding hydrogens is 204 g/mol. The lowest BCUT2D eigenvalue weighted by Gasteiger charge is -2.11. The van der Waals surface area contributed by atoms with E-state index < -0.39 is 12.0 Å². The summed E-state index contributed by atoms with van der Waals surface area (Å²) in [7, 11) is 1.34. The fourth-order valence-corrected chi connectivity index (χ4v) is 1.58. The topological polar surface area (TPSA) is 78.3 Å². The molecule has 1 rings (SSSR count). The quantitative estimate of drug-likeness (QED) is 0.585. The fourth-order valence-electron chi connectivity index (χ4n) is 1.58. The summed E-state index contributed by atoms with van der Waals surface area (Å²) in [6.45, 7) is 2.04. The lowest BCUT2D eigenvalue weighted by Crippen LogP contribution is -2.33. The van der Waals surface area contributed by atoms with Crippen LogP contribution in [0.1, 0.15) is 18.1 Å². The Kier molecular flexibility index (Phi) is 4.31. The molecule has 0 aliphatic heterocycles. The van der Waals surface area contributed by atoms with E-state index in [0.29, 0.717) is 6.42 Å². The summed E-state index contributed by atoms with van der Waals surface area (Å²) < 4.78 is 4.58. The molecule has 0 bridgehead atoms. The standard InChI is InChI=1S/C12H18N2O2/c1-3-9-6-8(4-5-10(9)13)7-11(14)12(15)16-2/h4-6,11H,3,7,13-14H2,1-2H3/t11-/m0/s1. The summed E-state index contributed by atoms with van der Waals surface area (Å²) in [6.07, 6.45) is 1.34. The van der Waals surface area contributed by atoms with Gasteiger partial charge in [0, 0.05) is 5.69 Å². The van der Waals surface area contributed by atoms with Gasteiger partial charge in [0.2, 0.25) is 0 Å². The van der Waals surface area contributed by atoms with Crippen molar-refractivity contribution >= 4 is 11.7 Å². The molecule has 0 fully saturated rings. The van der Waals surface area contributed by atoms with Gasteiger partial charge in [-0.25, -0.2) is 0 Å². The van der Waals surface area contributed by atoms with E-state index in [1.54, 1.807) is 0 Å². The number of carbonyl (C=O) groups is 1. The van der Waals surface area contributed by atoms with Crippen LogP contribution in [0.2, 0.25) is 0 Å². The second-order valence-corrected chi connectivity index (χ2v) is 3.72. The predicted octanol–water partition coefficient (Wildman–Crippen LogP) is 0.874. The van der Waals surface area contributed by atoms with Crippen LogP contribution in [-0.4, -0.2) is 19.1 Å². The van der Waals surface area contributed by atoms with Gasteiger partial charge >= 0.3 is 5.97 Å². The first-order chi connectivity index (χ1) is 7.58. The predicted molar refractivity (Wildman–Crippen MR) is 63.9 cm³/mol. The van der Waals surface area contributed by atoms with Crippen LogP contribution in [-0.2, 0) is 22.4 Å². The molecule has 1 aromatic carbocycles. The number of methoxy groups -OCH3 is 1. The first-order valence-electron chi connectivity index (χ1n) is 5.29. The van der Waals surface area contributed by atoms with Crippen LogP contribution in [0.5, 0.6) is 0 Å². The fraction of sp³-hybridized carbons (Fsp3) is 0.417. The van der Waals surface area contributed by atoms with Crippen LogP contribution in [0.25, 0.3) is 0 Å². The summed E-state index contributed by atoms with van der Waals surface area (Å²) in [4.78, 5) is 11.2. The van der Waals surface area contributed by atoms with E-state index in [1.165, 1.54) is 7.11 Å². The van der Waals surface area contributed by atoms with E-state index in [1.807, 2.05) is 25.1 Å². The van der Waals surface area contributed by atoms with Gasteiger partial charge in [0.15, 0.2) is 0 Å². The zero-order valence-electron chi connectivity index (χ0n) is 9.69. The Labute approximate surface area is 95.6 Å². The number of nitrogen functional groups attached to an aromatic ring is 1. The number of aryl methyl sites for hydroxylation is 1. The molecule has 0 saturated heterocycles. The lowest BCUT2D eigenvalue weighted by molar-refractivity contribution is -0.142. The summed E-state index contributed by atoms with van der Waals surface area (Å²) >= 11 is 0. The highest BCUT2D eigenvalue weighted by Gasteiger charge is 2.14. The van der Waals surface area contributed by atoms with Gasteiger partial charge in [0.25, 0.3) is 0 Å². The number of carbonyl (C=O) groups excluding carboxylic acids is 1. The van der Waals surface area contributed by atoms with Crippen molar-refractivity contribution in [2.24, 2.45) is 5.73 Å². The summed E-state index contributed by atoms with van der Waals surface area (Å²) in [5.41, 5.74) is 14.3. The van der Waals surface area contributed by atoms with Gasteiger partial charge in [-0.3, -0.25) is 4.79 Å². The van der Waals surface area contributed by atoms with E-state index in [0.717, 1.165) is 23.2 Å². The lowest BCUT2D eigenvalue weighted by atomic mass is 10.0. The monoisotopic (exact) mass is 222 g/mol. The molecule has 88 valence electrons. The highest BCUT2D eigenvalue weighted by Crippen LogP contribution is 2.15. The van der Waals surface area contributed by atoms with Crippen molar-refractivity contribution < 1.29 is 9.53 Å². The molecule has 4 heteroatoms. The Morgan fingerprint density at radius 3 is 2.75 bits per heavy atom. The van der Waals surface area contributed by atoms with E-state index >= 15 is 0 Å². The third-order valence-corrected chi connectivity index (χ3v) is 2.55. The molecule has 0 unspecified atom stereocenters. The molecule has 0 amide bonds. The molecule has 0 heterocycles. The second-order valence-electron chi connectivity index (χ2n) is 3.72. The number of hydrogen-bond acceptors (Lipinski definition) is 4. The van der Waals surface area contributed by atoms with Crippen LogP contribution in [0.15, 0.2) is 18.2 Å². The molecule has 0 spiro atoms. The van der Waals surface area contributed by atoms with E-state index in [4.69, 9.17) is 11.5 Å². The molecule has 0 saturated carbocycles. The SMILES string of the molecule is CCc1cc(C[C@H](N)C(=O)OC)ccc1N. The van der Waals surface area contributed by atoms with Crippen molar-refractivity contribution in [2.45, 2.75) is 25.8 Å². The van der Waals surface area contributed by atoms with Gasteiger partial charge in [0.05, 0.1) is 7.11 Å². The van der Waals surface area contributed by atoms with Crippen molar-refractivity contribution in [1.29, 1.82) is 0 Å². The van der Waals surface area contributed by atoms with Crippen LogP contribution in [0, 0.1) is 0 Å². The number of nitrogens with two attached hydrogens (primary N) is 2. The van der Waals surface area contributed by atoms with E-state index in [9.17, 15) is 4.79 Å². The normalized spacial score (nSPS) is 12.2. The Balaban J connectivity index is 2.78. The van der Waals surface area contributed by atoms with Crippen LogP contribution < -0.4 is 11.5 Å². The van der Waals surface area contributed by atoms with Gasteiger partial charge < -0.3 is 16.2 Å². The number of hydrogen-bond donors (Lipinski definition) is 2. The number of ether oxygens (including phenoxy) is 1. The Morgan fingerprint density at radius 2 is 2.19 bits per heavy atom. The van der Waals surface area contributed by atoms with Gasteiger partial charge in [-0.05, 0) is 30.0 Å². The zero-order valence-corrected chi connectivity index (χ0v) is 9.69. The molecule has 4 N–H and O–H groups in total. The molecule has 0 aromatic heterocycles. The Bertz CT molecular complexity index is 377. The molecular formula is C12H18N2O2. The molecule has 4 nitrogen and oxygen atoms in total. The van der Waals surface area contributed by atoms with Crippen molar-refractivity contribution in [3.63, 3.8) is 0 Å². The third-order valence-electron chi connectivity index (χ3n) is 2.55. The van der Waals surface area contributed by atoms with Crippen molar-refractivity contribution in [3.05, 3.63) is 29.3 Å². The Hall–Kier alpha value is -1.55. The third kappa shape index (κ3) is 2.97. The van der Waals surface area contributed by atoms with Gasteiger partial charge in [0.1, 0.15) is 6.04 Å². The largest absolute Gasteiger partial charge is 0.468 e. The molecule has 0 radical (unpaired) electrons. The first-order valence-corrected chi connectivity index (χ1v) is 5.29. The number of rotatable bonds is 4. The minimum absolute atomic E-state index is 0.394. The molecule has 0 aliphatic carbocycles. The Morgan fingerprint density at radius 1 is 1.50 bits per heavy atom. The maximum Gasteiger partial charge on any atom is 0.322 e. The smallest absolute Gasteiger partial charge is 0.322 e. The summed E-state index contributed by atoms with van der Waals surface area (Å²) in [5, 5.41) is 0. The summed E-state index contributed by atoms with van der Waals surface area (Å²) in [5.74, 6) is -0.394. The average molecular weight is 222 g/mol. The van der Waals surface area contributed by atoms with Crippen molar-refractivity contribution in [2.75, 3.05) is 12.8 Å². The first kappa shape index (κ1) is 12.5. The highest BCUT2D eigenvalue weighted by atomic mass is 16.5. The zero-order chi connectivity index (χ0) is 12.1. The van der Waals surface area contributed by atoms with Crippen LogP contribution in [0.4, 0.5) is 5.69 Å². The number of esters is 1. The van der Waals surface area contributed by atoms with E-state index in [2.05, 4.69) is 4.74 Å². The highest BCUT2D eigenvalue weighted by molar-refractivity contribution is 5.75. The van der Waals surface area contributed by atoms with Gasteiger partial charge in [-0.15, -0.1) is 0 Å². The minimum Gasteiger partial charge on any atom is -0.468 e. The minimum atomic E-state index is -0.613. The molecule has 16 heavy (non-hydrogen) atoms. The maximum atomic E-state index is 11.2. The number of benzene rings is 1. The molecule has 1 aromatic rings. The van der Waals surface area contributed by atoms with Gasteiger partial charge in [-0.1, -0.05) is 19.1 Å². The molecule has 1 atom stereocenters. The van der Waals surface area contributed by atoms with Gasteiger partial charge in [-0.2, -0.15) is 0 Å². The second kappa shape index (κ2) is 5.51. The summed E-state index contributed by atoms with van der Waals surface area (Å²) in [6, 6.07) is 5.10. The average Bonchev–Trinajstić information content (AvgIpc) is 2.30. The van der Waals surface area contributed by atoms with Crippen LogP contribution in [0.3, 0.4) is 0 Å². The maximum absolute atomic E-state index is 11.2. The van der Waals surface area contributed by atoms with Crippen LogP contribution >= 0.6 is 0 Å². The van der Waals surface area contributed by atoms with Crippen molar-refractivity contribution in [3.8, 4) is 0 Å². The number of anilines is 1. The van der Waals surface area contributed by atoms with Crippen molar-refractivity contribution in [1.82, 2.24) is 0 Å². The molecule has 0 aliphatic rings. The van der Waals surface area contributed by atoms with E-state index in [-0.39, 0.29) is 0 Å².